The molecule has 0 fully saturated rings. The number of halogens is 1. The van der Waals surface area contributed by atoms with Gasteiger partial charge in [0.2, 0.25) is 5.95 Å². The highest BCUT2D eigenvalue weighted by Gasteiger charge is 2.13. The summed E-state index contributed by atoms with van der Waals surface area (Å²) in [5.74, 6) is -0.780. The monoisotopic (exact) mass is 355 g/mol. The molecule has 3 aromatic rings. The number of nitrogens with one attached hydrogen (secondary N) is 2. The second-order valence-electron chi connectivity index (χ2n) is 6.03. The third-order valence-electron chi connectivity index (χ3n) is 4.26. The Balaban J connectivity index is 2.18. The minimum atomic E-state index is -0.643. The first-order valence-corrected chi connectivity index (χ1v) is 8.50. The molecular weight excluding hydrogens is 333 g/mol. The van der Waals surface area contributed by atoms with Crippen LogP contribution in [0.4, 0.5) is 16.0 Å². The third-order valence-corrected chi connectivity index (χ3v) is 4.26. The fourth-order valence-corrected chi connectivity index (χ4v) is 2.94. The van der Waals surface area contributed by atoms with Crippen LogP contribution in [0.3, 0.4) is 0 Å². The molecule has 0 aliphatic rings. The van der Waals surface area contributed by atoms with Gasteiger partial charge < -0.3 is 21.5 Å². The number of hydrogen-bond donors (Lipinski definition) is 4. The molecule has 0 unspecified atom stereocenters. The summed E-state index contributed by atoms with van der Waals surface area (Å²) in [6.45, 7) is 3.44. The van der Waals surface area contributed by atoms with E-state index in [4.69, 9.17) is 5.73 Å². The summed E-state index contributed by atoms with van der Waals surface area (Å²) in [6.07, 6.45) is 2.33. The lowest BCUT2D eigenvalue weighted by atomic mass is 9.96. The first-order chi connectivity index (χ1) is 12.5. The zero-order valence-corrected chi connectivity index (χ0v) is 14.8. The van der Waals surface area contributed by atoms with Gasteiger partial charge >= 0.3 is 0 Å². The number of likely N-dealkylation sites (N-methyl/N-ethyl adjacent to an activating group) is 1. The van der Waals surface area contributed by atoms with Gasteiger partial charge in [0.25, 0.3) is 0 Å². The summed E-state index contributed by atoms with van der Waals surface area (Å²) in [5.41, 5.74) is 9.68. The number of nitrogen functional groups attached to an aromatic ring is 1. The quantitative estimate of drug-likeness (QED) is 0.508. The molecule has 0 spiro atoms. The van der Waals surface area contributed by atoms with E-state index in [1.807, 2.05) is 26.1 Å². The van der Waals surface area contributed by atoms with E-state index in [0.717, 1.165) is 39.8 Å². The van der Waals surface area contributed by atoms with Crippen molar-refractivity contribution >= 4 is 22.5 Å². The van der Waals surface area contributed by atoms with E-state index in [0.29, 0.717) is 13.0 Å². The van der Waals surface area contributed by atoms with Crippen molar-refractivity contribution in [1.29, 1.82) is 0 Å². The van der Waals surface area contributed by atoms with Crippen molar-refractivity contribution < 1.29 is 9.50 Å². The highest BCUT2D eigenvalue weighted by Crippen LogP contribution is 2.34. The molecule has 0 saturated heterocycles. The molecule has 0 aliphatic heterocycles. The average Bonchev–Trinajstić information content (AvgIpc) is 2.63. The number of aromatic nitrogens is 2. The Morgan fingerprint density at radius 3 is 2.73 bits per heavy atom. The minimum absolute atomic E-state index is 0.201. The molecule has 5 N–H and O–H groups in total. The van der Waals surface area contributed by atoms with Gasteiger partial charge in [0.1, 0.15) is 0 Å². The second-order valence-corrected chi connectivity index (χ2v) is 6.03. The van der Waals surface area contributed by atoms with Crippen molar-refractivity contribution in [2.24, 2.45) is 0 Å². The maximum Gasteiger partial charge on any atom is 0.220 e. The summed E-state index contributed by atoms with van der Waals surface area (Å²) in [6, 6.07) is 6.67. The zero-order valence-electron chi connectivity index (χ0n) is 14.8. The molecule has 0 bridgehead atoms. The van der Waals surface area contributed by atoms with Crippen LogP contribution in [0.5, 0.6) is 5.75 Å². The molecule has 2 aromatic carbocycles. The van der Waals surface area contributed by atoms with Gasteiger partial charge in [0, 0.05) is 24.7 Å². The number of nitrogens with zero attached hydrogens (tertiary/aromatic N) is 2. The van der Waals surface area contributed by atoms with Gasteiger partial charge in [0.15, 0.2) is 11.6 Å². The van der Waals surface area contributed by atoms with Gasteiger partial charge in [-0.25, -0.2) is 14.4 Å². The predicted octanol–water partition coefficient (Wildman–Crippen LogP) is 2.92. The maximum atomic E-state index is 14.0. The van der Waals surface area contributed by atoms with Crippen molar-refractivity contribution in [3.63, 3.8) is 0 Å². The molecule has 0 atom stereocenters. The number of rotatable bonds is 6. The van der Waals surface area contributed by atoms with Gasteiger partial charge in [-0.05, 0) is 54.4 Å². The van der Waals surface area contributed by atoms with Gasteiger partial charge in [-0.15, -0.1) is 0 Å². The molecule has 6 nitrogen and oxygen atoms in total. The van der Waals surface area contributed by atoms with Crippen LogP contribution in [0.1, 0.15) is 12.5 Å². The molecule has 1 aromatic heterocycles. The lowest BCUT2D eigenvalue weighted by molar-refractivity contribution is 0.432. The van der Waals surface area contributed by atoms with E-state index in [9.17, 15) is 9.50 Å². The van der Waals surface area contributed by atoms with Crippen LogP contribution < -0.4 is 16.4 Å². The molecule has 0 aliphatic carbocycles. The summed E-state index contributed by atoms with van der Waals surface area (Å²) >= 11 is 0. The van der Waals surface area contributed by atoms with Gasteiger partial charge in [0.05, 0.1) is 11.2 Å². The van der Waals surface area contributed by atoms with E-state index in [2.05, 4.69) is 20.6 Å². The van der Waals surface area contributed by atoms with Crippen molar-refractivity contribution in [3.05, 3.63) is 41.8 Å². The van der Waals surface area contributed by atoms with E-state index in [1.54, 1.807) is 6.20 Å². The minimum Gasteiger partial charge on any atom is -0.505 e. The molecular formula is C19H22FN5O. The molecule has 1 heterocycles. The average molecular weight is 355 g/mol. The number of anilines is 2. The predicted molar refractivity (Wildman–Crippen MR) is 103 cm³/mol. The smallest absolute Gasteiger partial charge is 0.220 e. The first kappa shape index (κ1) is 17.9. The molecule has 0 radical (unpaired) electrons. The summed E-state index contributed by atoms with van der Waals surface area (Å²) in [4.78, 5) is 8.40. The number of fused-ring (bicyclic) bond motifs is 1. The number of aromatic hydroxyl groups is 1. The van der Waals surface area contributed by atoms with Crippen LogP contribution in [-0.2, 0) is 6.42 Å². The lowest BCUT2D eigenvalue weighted by Crippen LogP contribution is -2.18. The summed E-state index contributed by atoms with van der Waals surface area (Å²) in [5, 5.41) is 16.9. The van der Waals surface area contributed by atoms with Crippen molar-refractivity contribution in [2.45, 2.75) is 13.3 Å². The Morgan fingerprint density at radius 1 is 1.19 bits per heavy atom. The van der Waals surface area contributed by atoms with Crippen LogP contribution in [0, 0.1) is 5.82 Å². The van der Waals surface area contributed by atoms with Crippen molar-refractivity contribution in [1.82, 2.24) is 15.3 Å². The molecule has 136 valence electrons. The van der Waals surface area contributed by atoms with Crippen LogP contribution in [0.2, 0.25) is 0 Å². The van der Waals surface area contributed by atoms with E-state index < -0.39 is 5.82 Å². The topological polar surface area (TPSA) is 96.1 Å². The number of hydrogen-bond acceptors (Lipinski definition) is 6. The Hall–Kier alpha value is -2.93. The standard InChI is InChI=1S/C19H22FN5O/c1-3-11-8-17(26)15(20)9-14(11)12-6-13-10-24-19(21)25-18(13)16(7-12)23-5-4-22-2/h6-10,22-23,26H,3-5H2,1-2H3,(H2,21,24,25). The Morgan fingerprint density at radius 2 is 2.00 bits per heavy atom. The van der Waals surface area contributed by atoms with Crippen LogP contribution in [0.25, 0.3) is 22.0 Å². The molecule has 0 amide bonds. The first-order valence-electron chi connectivity index (χ1n) is 8.50. The molecule has 7 heteroatoms. The Labute approximate surface area is 151 Å². The van der Waals surface area contributed by atoms with Crippen LogP contribution in [-0.4, -0.2) is 35.2 Å². The van der Waals surface area contributed by atoms with E-state index in [-0.39, 0.29) is 11.7 Å². The number of phenolic OH excluding ortho intramolecular Hbond substituents is 1. The SMILES string of the molecule is CCc1cc(O)c(F)cc1-c1cc(NCCNC)c2nc(N)ncc2c1. The van der Waals surface area contributed by atoms with Crippen LogP contribution >= 0.6 is 0 Å². The Bertz CT molecular complexity index is 945. The van der Waals surface area contributed by atoms with E-state index >= 15 is 0 Å². The molecule has 26 heavy (non-hydrogen) atoms. The third kappa shape index (κ3) is 3.52. The summed E-state index contributed by atoms with van der Waals surface area (Å²) < 4.78 is 14.0. The summed E-state index contributed by atoms with van der Waals surface area (Å²) in [7, 11) is 1.88. The highest BCUT2D eigenvalue weighted by atomic mass is 19.1. The van der Waals surface area contributed by atoms with Gasteiger partial charge in [-0.2, -0.15) is 0 Å². The van der Waals surface area contributed by atoms with Crippen molar-refractivity contribution in [2.75, 3.05) is 31.2 Å². The molecule has 0 saturated carbocycles. The van der Waals surface area contributed by atoms with Crippen molar-refractivity contribution in [3.8, 4) is 16.9 Å². The number of nitrogens with two attached hydrogens (primary N) is 1. The lowest BCUT2D eigenvalue weighted by Gasteiger charge is -2.15. The normalized spacial score (nSPS) is 11.0. The molecule has 3 rings (SSSR count). The number of phenols is 1. The number of aryl methyl sites for hydroxylation is 1. The largest absolute Gasteiger partial charge is 0.505 e. The second kappa shape index (κ2) is 7.53. The van der Waals surface area contributed by atoms with Gasteiger partial charge in [-0.1, -0.05) is 6.92 Å². The zero-order chi connectivity index (χ0) is 18.7. The fourth-order valence-electron chi connectivity index (χ4n) is 2.94. The fraction of sp³-hybridized carbons (Fsp3) is 0.263. The van der Waals surface area contributed by atoms with Gasteiger partial charge in [-0.3, -0.25) is 0 Å². The highest BCUT2D eigenvalue weighted by molar-refractivity contribution is 5.95. The van der Waals surface area contributed by atoms with Crippen LogP contribution in [0.15, 0.2) is 30.5 Å². The maximum absolute atomic E-state index is 14.0. The Kier molecular flexibility index (Phi) is 5.18. The van der Waals surface area contributed by atoms with E-state index in [1.165, 1.54) is 12.1 Å². The number of benzene rings is 2.